The zero-order valence-electron chi connectivity index (χ0n) is 9.42. The minimum atomic E-state index is -0.444. The predicted octanol–water partition coefficient (Wildman–Crippen LogP) is 1.51. The Morgan fingerprint density at radius 3 is 2.60 bits per heavy atom. The zero-order valence-corrected chi connectivity index (χ0v) is 11.0. The van der Waals surface area contributed by atoms with E-state index >= 15 is 0 Å². The average molecular weight is 275 g/mol. The van der Waals surface area contributed by atoms with Crippen LogP contribution < -0.4 is 5.32 Å². The fourth-order valence-corrected chi connectivity index (χ4v) is 2.15. The lowest BCUT2D eigenvalue weighted by atomic mass is 10.2. The van der Waals surface area contributed by atoms with Crippen LogP contribution in [0, 0.1) is 0 Å². The highest BCUT2D eigenvalue weighted by atomic mass is 79.9. The summed E-state index contributed by atoms with van der Waals surface area (Å²) >= 11 is 3.38. The molecule has 1 unspecified atom stereocenters. The van der Waals surface area contributed by atoms with E-state index in [1.165, 1.54) is 12.8 Å². The number of nitrogens with one attached hydrogen (secondary N) is 1. The summed E-state index contributed by atoms with van der Waals surface area (Å²) in [4.78, 5) is 14.2. The van der Waals surface area contributed by atoms with E-state index in [1.807, 2.05) is 13.8 Å². The molecule has 15 heavy (non-hydrogen) atoms. The third-order valence-electron chi connectivity index (χ3n) is 3.16. The highest BCUT2D eigenvalue weighted by Gasteiger charge is 2.36. The van der Waals surface area contributed by atoms with Gasteiger partial charge < -0.3 is 5.32 Å². The van der Waals surface area contributed by atoms with Gasteiger partial charge in [-0.1, -0.05) is 15.9 Å². The van der Waals surface area contributed by atoms with Crippen molar-refractivity contribution in [1.82, 2.24) is 10.2 Å². The minimum Gasteiger partial charge on any atom is -0.351 e. The SMILES string of the molecule is CC(C)(Br)C(=O)NC1CCN(C2CC2)C1. The summed E-state index contributed by atoms with van der Waals surface area (Å²) in [5, 5.41) is 3.10. The van der Waals surface area contributed by atoms with Crippen molar-refractivity contribution in [2.75, 3.05) is 13.1 Å². The van der Waals surface area contributed by atoms with Crippen LogP contribution in [0.3, 0.4) is 0 Å². The van der Waals surface area contributed by atoms with Crippen LogP contribution in [0.25, 0.3) is 0 Å². The molecule has 1 N–H and O–H groups in total. The van der Waals surface area contributed by atoms with Gasteiger partial charge in [-0.3, -0.25) is 9.69 Å². The van der Waals surface area contributed by atoms with Gasteiger partial charge in [0.15, 0.2) is 0 Å². The summed E-state index contributed by atoms with van der Waals surface area (Å²) in [7, 11) is 0. The summed E-state index contributed by atoms with van der Waals surface area (Å²) in [5.41, 5.74) is 0. The summed E-state index contributed by atoms with van der Waals surface area (Å²) in [6.45, 7) is 5.96. The van der Waals surface area contributed by atoms with E-state index in [0.29, 0.717) is 6.04 Å². The van der Waals surface area contributed by atoms with Crippen molar-refractivity contribution in [3.05, 3.63) is 0 Å². The van der Waals surface area contributed by atoms with Gasteiger partial charge in [-0.15, -0.1) is 0 Å². The Balaban J connectivity index is 1.79. The standard InChI is InChI=1S/C11H19BrN2O/c1-11(2,12)10(15)13-8-5-6-14(7-8)9-3-4-9/h8-9H,3-7H2,1-2H3,(H,13,15). The van der Waals surface area contributed by atoms with E-state index in [1.54, 1.807) is 0 Å². The monoisotopic (exact) mass is 274 g/mol. The first kappa shape index (κ1) is 11.4. The fourth-order valence-electron chi connectivity index (χ4n) is 2.03. The Bertz CT molecular complexity index is 258. The molecule has 1 aliphatic heterocycles. The van der Waals surface area contributed by atoms with Crippen LogP contribution >= 0.6 is 15.9 Å². The molecule has 2 fully saturated rings. The summed E-state index contributed by atoms with van der Waals surface area (Å²) < 4.78 is -0.444. The largest absolute Gasteiger partial charge is 0.351 e. The smallest absolute Gasteiger partial charge is 0.236 e. The lowest BCUT2D eigenvalue weighted by Crippen LogP contribution is -2.44. The molecule has 0 aromatic heterocycles. The number of halogens is 1. The molecule has 1 heterocycles. The number of amides is 1. The van der Waals surface area contributed by atoms with Gasteiger partial charge in [-0.05, 0) is 33.1 Å². The van der Waals surface area contributed by atoms with Crippen molar-refractivity contribution in [1.29, 1.82) is 0 Å². The van der Waals surface area contributed by atoms with Gasteiger partial charge in [0.05, 0.1) is 4.32 Å². The van der Waals surface area contributed by atoms with Crippen LogP contribution in [0.5, 0.6) is 0 Å². The number of carbonyl (C=O) groups is 1. The van der Waals surface area contributed by atoms with Crippen LogP contribution in [0.4, 0.5) is 0 Å². The summed E-state index contributed by atoms with van der Waals surface area (Å²) in [6, 6.07) is 1.18. The van der Waals surface area contributed by atoms with E-state index < -0.39 is 4.32 Å². The number of hydrogen-bond acceptors (Lipinski definition) is 2. The lowest BCUT2D eigenvalue weighted by Gasteiger charge is -2.20. The Morgan fingerprint density at radius 2 is 2.07 bits per heavy atom. The second-order valence-corrected chi connectivity index (χ2v) is 7.14. The number of alkyl halides is 1. The maximum atomic E-state index is 11.7. The third-order valence-corrected chi connectivity index (χ3v) is 3.52. The molecule has 1 atom stereocenters. The van der Waals surface area contributed by atoms with Gasteiger partial charge in [-0.2, -0.15) is 0 Å². The van der Waals surface area contributed by atoms with Crippen LogP contribution in [0.15, 0.2) is 0 Å². The first-order valence-electron chi connectivity index (χ1n) is 5.71. The van der Waals surface area contributed by atoms with Crippen molar-refractivity contribution in [2.45, 2.75) is 49.5 Å². The molecule has 2 aliphatic rings. The normalized spacial score (nSPS) is 28.1. The van der Waals surface area contributed by atoms with Gasteiger partial charge in [0.1, 0.15) is 0 Å². The van der Waals surface area contributed by atoms with E-state index in [2.05, 4.69) is 26.1 Å². The molecule has 1 aliphatic carbocycles. The number of rotatable bonds is 3. The Morgan fingerprint density at radius 1 is 1.40 bits per heavy atom. The number of likely N-dealkylation sites (tertiary alicyclic amines) is 1. The number of hydrogen-bond donors (Lipinski definition) is 1. The molecule has 2 rings (SSSR count). The second-order valence-electron chi connectivity index (χ2n) is 5.16. The maximum Gasteiger partial charge on any atom is 0.236 e. The van der Waals surface area contributed by atoms with Crippen molar-refractivity contribution < 1.29 is 4.79 Å². The Labute approximate surface area is 99.7 Å². The van der Waals surface area contributed by atoms with Crippen LogP contribution in [0.1, 0.15) is 33.1 Å². The first-order valence-corrected chi connectivity index (χ1v) is 6.50. The minimum absolute atomic E-state index is 0.102. The van der Waals surface area contributed by atoms with Crippen LogP contribution in [-0.2, 0) is 4.79 Å². The quantitative estimate of drug-likeness (QED) is 0.792. The van der Waals surface area contributed by atoms with E-state index in [4.69, 9.17) is 0 Å². The molecule has 1 saturated carbocycles. The molecule has 1 saturated heterocycles. The van der Waals surface area contributed by atoms with E-state index in [9.17, 15) is 4.79 Å². The van der Waals surface area contributed by atoms with Crippen LogP contribution in [0.2, 0.25) is 0 Å². The van der Waals surface area contributed by atoms with E-state index in [-0.39, 0.29) is 5.91 Å². The molecule has 3 nitrogen and oxygen atoms in total. The first-order chi connectivity index (χ1) is 6.97. The van der Waals surface area contributed by atoms with Gasteiger partial charge in [-0.25, -0.2) is 0 Å². The average Bonchev–Trinajstić information content (AvgIpc) is 2.87. The van der Waals surface area contributed by atoms with Gasteiger partial charge >= 0.3 is 0 Å². The van der Waals surface area contributed by atoms with Gasteiger partial charge in [0.25, 0.3) is 0 Å². The molecule has 0 bridgehead atoms. The van der Waals surface area contributed by atoms with Crippen LogP contribution in [-0.4, -0.2) is 40.3 Å². The van der Waals surface area contributed by atoms with Crippen molar-refractivity contribution >= 4 is 21.8 Å². The molecule has 0 aromatic rings. The highest BCUT2D eigenvalue weighted by molar-refractivity contribution is 9.10. The molecule has 4 heteroatoms. The molecular weight excluding hydrogens is 256 g/mol. The van der Waals surface area contributed by atoms with Crippen molar-refractivity contribution in [3.8, 4) is 0 Å². The fraction of sp³-hybridized carbons (Fsp3) is 0.909. The third kappa shape index (κ3) is 2.94. The molecule has 86 valence electrons. The topological polar surface area (TPSA) is 32.3 Å². The van der Waals surface area contributed by atoms with E-state index in [0.717, 1.165) is 25.6 Å². The molecular formula is C11H19BrN2O. The lowest BCUT2D eigenvalue weighted by molar-refractivity contribution is -0.123. The predicted molar refractivity (Wildman–Crippen MR) is 64.1 cm³/mol. The highest BCUT2D eigenvalue weighted by Crippen LogP contribution is 2.30. The van der Waals surface area contributed by atoms with Crippen molar-refractivity contribution in [3.63, 3.8) is 0 Å². The summed E-state index contributed by atoms with van der Waals surface area (Å²) in [5.74, 6) is 0.102. The molecule has 0 radical (unpaired) electrons. The van der Waals surface area contributed by atoms with Gasteiger partial charge in [0.2, 0.25) is 5.91 Å². The number of nitrogens with zero attached hydrogens (tertiary/aromatic N) is 1. The Hall–Kier alpha value is -0.0900. The van der Waals surface area contributed by atoms with Gasteiger partial charge in [0, 0.05) is 25.2 Å². The Kier molecular flexibility index (Phi) is 3.08. The molecule has 0 aromatic carbocycles. The zero-order chi connectivity index (χ0) is 11.1. The summed E-state index contributed by atoms with van der Waals surface area (Å²) in [6.07, 6.45) is 3.81. The second kappa shape index (κ2) is 4.06. The molecule has 0 spiro atoms. The van der Waals surface area contributed by atoms with Crippen molar-refractivity contribution in [2.24, 2.45) is 0 Å². The molecule has 1 amide bonds. The number of carbonyl (C=O) groups excluding carboxylic acids is 1. The maximum absolute atomic E-state index is 11.7.